The van der Waals surface area contributed by atoms with E-state index in [-0.39, 0.29) is 5.97 Å². The Balaban J connectivity index is 1.94. The van der Waals surface area contributed by atoms with Crippen LogP contribution in [-0.2, 0) is 16.1 Å². The third-order valence-electron chi connectivity index (χ3n) is 2.55. The number of thiazole rings is 1. The number of carbonyl (C=O) groups excluding carboxylic acids is 1. The monoisotopic (exact) mass is 241 g/mol. The van der Waals surface area contributed by atoms with Gasteiger partial charge in [-0.05, 0) is 12.8 Å². The van der Waals surface area contributed by atoms with E-state index in [1.54, 1.807) is 6.20 Å². The molecular weight excluding hydrogens is 226 g/mol. The lowest BCUT2D eigenvalue weighted by atomic mass is 10.4. The normalized spacial score (nSPS) is 15.4. The maximum Gasteiger partial charge on any atom is 0.319 e. The third-order valence-corrected chi connectivity index (χ3v) is 3.36. The van der Waals surface area contributed by atoms with Crippen molar-refractivity contribution in [2.75, 3.05) is 19.4 Å². The van der Waals surface area contributed by atoms with Gasteiger partial charge in [-0.1, -0.05) is 0 Å². The summed E-state index contributed by atoms with van der Waals surface area (Å²) >= 11 is 1.47. The highest BCUT2D eigenvalue weighted by molar-refractivity contribution is 7.15. The quantitative estimate of drug-likeness (QED) is 0.774. The fourth-order valence-corrected chi connectivity index (χ4v) is 2.29. The second kappa shape index (κ2) is 4.80. The SMILES string of the molecule is COC(=O)CN(Cc1cnc(N)s1)C1CC1. The van der Waals surface area contributed by atoms with Crippen LogP contribution in [0.2, 0.25) is 0 Å². The molecule has 1 aliphatic carbocycles. The van der Waals surface area contributed by atoms with Crippen LogP contribution in [0.15, 0.2) is 6.20 Å². The molecule has 16 heavy (non-hydrogen) atoms. The van der Waals surface area contributed by atoms with E-state index in [4.69, 9.17) is 5.73 Å². The van der Waals surface area contributed by atoms with Gasteiger partial charge in [-0.3, -0.25) is 9.69 Å². The lowest BCUT2D eigenvalue weighted by Crippen LogP contribution is -2.31. The highest BCUT2D eigenvalue weighted by Crippen LogP contribution is 2.29. The summed E-state index contributed by atoms with van der Waals surface area (Å²) in [5, 5.41) is 0.573. The zero-order valence-corrected chi connectivity index (χ0v) is 10.00. The smallest absolute Gasteiger partial charge is 0.319 e. The van der Waals surface area contributed by atoms with Gasteiger partial charge in [-0.15, -0.1) is 11.3 Å². The molecule has 1 aliphatic rings. The summed E-state index contributed by atoms with van der Waals surface area (Å²) in [5.74, 6) is -0.190. The summed E-state index contributed by atoms with van der Waals surface area (Å²) in [4.78, 5) is 18.5. The number of hydrogen-bond donors (Lipinski definition) is 1. The Bertz CT molecular complexity index is 376. The molecule has 1 saturated carbocycles. The second-order valence-electron chi connectivity index (χ2n) is 3.88. The minimum absolute atomic E-state index is 0.190. The number of rotatable bonds is 5. The second-order valence-corrected chi connectivity index (χ2v) is 5.02. The average molecular weight is 241 g/mol. The first kappa shape index (κ1) is 11.3. The van der Waals surface area contributed by atoms with Gasteiger partial charge in [0.15, 0.2) is 5.13 Å². The molecular formula is C10H15N3O2S. The fraction of sp³-hybridized carbons (Fsp3) is 0.600. The fourth-order valence-electron chi connectivity index (χ4n) is 1.58. The van der Waals surface area contributed by atoms with Crippen molar-refractivity contribution >= 4 is 22.4 Å². The van der Waals surface area contributed by atoms with Crippen molar-refractivity contribution in [2.24, 2.45) is 0 Å². The molecule has 1 aromatic heterocycles. The van der Waals surface area contributed by atoms with Gasteiger partial charge in [-0.25, -0.2) is 4.98 Å². The molecule has 0 bridgehead atoms. The van der Waals surface area contributed by atoms with E-state index in [0.717, 1.165) is 24.3 Å². The van der Waals surface area contributed by atoms with Crippen LogP contribution in [0, 0.1) is 0 Å². The van der Waals surface area contributed by atoms with Crippen LogP contribution in [-0.4, -0.2) is 35.5 Å². The van der Waals surface area contributed by atoms with Crippen molar-refractivity contribution < 1.29 is 9.53 Å². The van der Waals surface area contributed by atoms with Gasteiger partial charge >= 0.3 is 5.97 Å². The van der Waals surface area contributed by atoms with Gasteiger partial charge in [-0.2, -0.15) is 0 Å². The number of nitrogen functional groups attached to an aromatic ring is 1. The minimum atomic E-state index is -0.190. The van der Waals surface area contributed by atoms with Gasteiger partial charge in [0.2, 0.25) is 0 Å². The number of carbonyl (C=O) groups is 1. The van der Waals surface area contributed by atoms with Crippen molar-refractivity contribution in [3.05, 3.63) is 11.1 Å². The van der Waals surface area contributed by atoms with E-state index < -0.39 is 0 Å². The summed E-state index contributed by atoms with van der Waals surface area (Å²) in [6.07, 6.45) is 4.09. The Morgan fingerprint density at radius 1 is 1.75 bits per heavy atom. The number of esters is 1. The molecule has 5 nitrogen and oxygen atoms in total. The summed E-state index contributed by atoms with van der Waals surface area (Å²) in [5.41, 5.74) is 5.57. The summed E-state index contributed by atoms with van der Waals surface area (Å²) in [6, 6.07) is 0.516. The standard InChI is InChI=1S/C10H15N3O2S/c1-15-9(14)6-13(7-2-3-7)5-8-4-12-10(11)16-8/h4,7H,2-3,5-6H2,1H3,(H2,11,12). The Morgan fingerprint density at radius 3 is 3.00 bits per heavy atom. The summed E-state index contributed by atoms with van der Waals surface area (Å²) < 4.78 is 4.68. The van der Waals surface area contributed by atoms with E-state index in [1.807, 2.05) is 0 Å². The number of nitrogens with two attached hydrogens (primary N) is 1. The van der Waals surface area contributed by atoms with Crippen LogP contribution in [0.3, 0.4) is 0 Å². The first-order chi connectivity index (χ1) is 7.69. The molecule has 0 radical (unpaired) electrons. The first-order valence-electron chi connectivity index (χ1n) is 5.20. The van der Waals surface area contributed by atoms with Gasteiger partial charge in [0.1, 0.15) is 0 Å². The molecule has 0 unspecified atom stereocenters. The molecule has 1 aromatic rings. The molecule has 0 aliphatic heterocycles. The van der Waals surface area contributed by atoms with E-state index >= 15 is 0 Å². The topological polar surface area (TPSA) is 68.5 Å². The number of methoxy groups -OCH3 is 1. The van der Waals surface area contributed by atoms with Crippen molar-refractivity contribution in [2.45, 2.75) is 25.4 Å². The van der Waals surface area contributed by atoms with Crippen LogP contribution in [0.25, 0.3) is 0 Å². The molecule has 1 fully saturated rings. The Morgan fingerprint density at radius 2 is 2.50 bits per heavy atom. The number of anilines is 1. The van der Waals surface area contributed by atoms with Crippen LogP contribution in [0.1, 0.15) is 17.7 Å². The maximum atomic E-state index is 11.2. The summed E-state index contributed by atoms with van der Waals surface area (Å²) in [6.45, 7) is 1.08. The zero-order chi connectivity index (χ0) is 11.5. The van der Waals surface area contributed by atoms with E-state index in [0.29, 0.717) is 17.7 Å². The largest absolute Gasteiger partial charge is 0.468 e. The number of hydrogen-bond acceptors (Lipinski definition) is 6. The van der Waals surface area contributed by atoms with Crippen LogP contribution in [0.5, 0.6) is 0 Å². The molecule has 0 atom stereocenters. The molecule has 0 aromatic carbocycles. The van der Waals surface area contributed by atoms with Crippen LogP contribution < -0.4 is 5.73 Å². The molecule has 0 spiro atoms. The van der Waals surface area contributed by atoms with Gasteiger partial charge in [0.25, 0.3) is 0 Å². The Hall–Kier alpha value is -1.14. The zero-order valence-electron chi connectivity index (χ0n) is 9.18. The predicted molar refractivity (Wildman–Crippen MR) is 62.0 cm³/mol. The molecule has 88 valence electrons. The summed E-state index contributed by atoms with van der Waals surface area (Å²) in [7, 11) is 1.41. The van der Waals surface area contributed by atoms with Crippen molar-refractivity contribution in [3.63, 3.8) is 0 Å². The highest BCUT2D eigenvalue weighted by atomic mass is 32.1. The van der Waals surface area contributed by atoms with Gasteiger partial charge in [0.05, 0.1) is 13.7 Å². The number of ether oxygens (including phenoxy) is 1. The first-order valence-corrected chi connectivity index (χ1v) is 6.01. The molecule has 2 rings (SSSR count). The highest BCUT2D eigenvalue weighted by Gasteiger charge is 2.30. The number of aromatic nitrogens is 1. The van der Waals surface area contributed by atoms with Crippen molar-refractivity contribution in [1.82, 2.24) is 9.88 Å². The Labute approximate surface area is 98.2 Å². The maximum absolute atomic E-state index is 11.2. The van der Waals surface area contributed by atoms with E-state index in [1.165, 1.54) is 18.4 Å². The van der Waals surface area contributed by atoms with E-state index in [2.05, 4.69) is 14.6 Å². The van der Waals surface area contributed by atoms with Crippen molar-refractivity contribution in [1.29, 1.82) is 0 Å². The lowest BCUT2D eigenvalue weighted by molar-refractivity contribution is -0.142. The molecule has 1 heterocycles. The van der Waals surface area contributed by atoms with Gasteiger partial charge in [0, 0.05) is 23.7 Å². The average Bonchev–Trinajstić information content (AvgIpc) is 3.02. The minimum Gasteiger partial charge on any atom is -0.468 e. The van der Waals surface area contributed by atoms with Crippen LogP contribution in [0.4, 0.5) is 5.13 Å². The van der Waals surface area contributed by atoms with Gasteiger partial charge < -0.3 is 10.5 Å². The lowest BCUT2D eigenvalue weighted by Gasteiger charge is -2.19. The molecule has 2 N–H and O–H groups in total. The van der Waals surface area contributed by atoms with Crippen LogP contribution >= 0.6 is 11.3 Å². The molecule has 6 heteroatoms. The number of nitrogens with zero attached hydrogens (tertiary/aromatic N) is 2. The molecule has 0 amide bonds. The Kier molecular flexibility index (Phi) is 3.40. The van der Waals surface area contributed by atoms with Crippen molar-refractivity contribution in [3.8, 4) is 0 Å². The third kappa shape index (κ3) is 2.93. The van der Waals surface area contributed by atoms with E-state index in [9.17, 15) is 4.79 Å². The molecule has 0 saturated heterocycles. The predicted octanol–water partition coefficient (Wildman–Crippen LogP) is 0.863.